The van der Waals surface area contributed by atoms with Gasteiger partial charge in [-0.1, -0.05) is 19.8 Å². The Morgan fingerprint density at radius 2 is 2.08 bits per heavy atom. The van der Waals surface area contributed by atoms with E-state index in [0.29, 0.717) is 19.6 Å². The lowest BCUT2D eigenvalue weighted by Gasteiger charge is -2.28. The number of aromatic nitrogens is 2. The molecular formula is C17H26N4O3. The van der Waals surface area contributed by atoms with Crippen LogP contribution < -0.4 is 15.8 Å². The Balaban J connectivity index is 1.73. The van der Waals surface area contributed by atoms with Crippen LogP contribution in [0.1, 0.15) is 45.1 Å². The van der Waals surface area contributed by atoms with Crippen molar-refractivity contribution in [2.45, 2.75) is 51.1 Å². The second kappa shape index (κ2) is 7.79. The second-order valence-electron chi connectivity index (χ2n) is 6.51. The maximum Gasteiger partial charge on any atom is 0.269 e. The van der Waals surface area contributed by atoms with Crippen molar-refractivity contribution in [1.82, 2.24) is 15.1 Å². The molecule has 1 saturated heterocycles. The van der Waals surface area contributed by atoms with E-state index in [1.807, 2.05) is 6.92 Å². The van der Waals surface area contributed by atoms with E-state index in [2.05, 4.69) is 15.3 Å². The Morgan fingerprint density at radius 3 is 2.71 bits per heavy atom. The van der Waals surface area contributed by atoms with E-state index in [0.717, 1.165) is 44.5 Å². The number of nitrogens with zero attached hydrogens (tertiary/aromatic N) is 3. The quantitative estimate of drug-likeness (QED) is 0.872. The maximum absolute atomic E-state index is 12.5. The zero-order chi connectivity index (χ0) is 16.9. The van der Waals surface area contributed by atoms with Crippen LogP contribution in [0.25, 0.3) is 0 Å². The van der Waals surface area contributed by atoms with Crippen LogP contribution in [0.5, 0.6) is 0 Å². The lowest BCUT2D eigenvalue weighted by Crippen LogP contribution is -2.42. The van der Waals surface area contributed by atoms with Gasteiger partial charge in [0.1, 0.15) is 6.04 Å². The van der Waals surface area contributed by atoms with Crippen molar-refractivity contribution in [1.29, 1.82) is 0 Å². The lowest BCUT2D eigenvalue weighted by molar-refractivity contribution is -0.125. The molecule has 2 fully saturated rings. The smallest absolute Gasteiger partial charge is 0.269 e. The molecule has 1 amide bonds. The van der Waals surface area contributed by atoms with Crippen LogP contribution in [0.4, 0.5) is 5.69 Å². The molecular weight excluding hydrogens is 308 g/mol. The molecule has 7 heteroatoms. The topological polar surface area (TPSA) is 76.5 Å². The van der Waals surface area contributed by atoms with Crippen LogP contribution in [0, 0.1) is 0 Å². The first-order valence-corrected chi connectivity index (χ1v) is 8.91. The van der Waals surface area contributed by atoms with Gasteiger partial charge >= 0.3 is 0 Å². The van der Waals surface area contributed by atoms with Crippen LogP contribution in [-0.2, 0) is 9.53 Å². The maximum atomic E-state index is 12.5. The SMILES string of the molecule is CC[C@H](C(=O)NC1CCCC1)n1ncc(N2CCOCC2)cc1=O. The van der Waals surface area contributed by atoms with Crippen molar-refractivity contribution < 1.29 is 9.53 Å². The van der Waals surface area contributed by atoms with Gasteiger partial charge in [-0.2, -0.15) is 5.10 Å². The molecule has 1 aromatic rings. The number of morpholine rings is 1. The molecule has 1 atom stereocenters. The summed E-state index contributed by atoms with van der Waals surface area (Å²) in [6, 6.07) is 1.27. The highest BCUT2D eigenvalue weighted by atomic mass is 16.5. The van der Waals surface area contributed by atoms with E-state index in [1.54, 1.807) is 12.3 Å². The molecule has 3 rings (SSSR count). The number of anilines is 1. The number of ether oxygens (including phenoxy) is 1. The van der Waals surface area contributed by atoms with Crippen molar-refractivity contribution in [3.63, 3.8) is 0 Å². The number of carbonyl (C=O) groups excluding carboxylic acids is 1. The van der Waals surface area contributed by atoms with Gasteiger partial charge in [-0.3, -0.25) is 9.59 Å². The number of hydrogen-bond acceptors (Lipinski definition) is 5. The number of nitrogens with one attached hydrogen (secondary N) is 1. The fourth-order valence-corrected chi connectivity index (χ4v) is 3.47. The molecule has 132 valence electrons. The van der Waals surface area contributed by atoms with Gasteiger partial charge in [-0.05, 0) is 19.3 Å². The van der Waals surface area contributed by atoms with E-state index < -0.39 is 6.04 Å². The normalized spacial score (nSPS) is 20.1. The molecule has 1 N–H and O–H groups in total. The summed E-state index contributed by atoms with van der Waals surface area (Å²) in [6.45, 7) is 4.73. The number of hydrogen-bond donors (Lipinski definition) is 1. The molecule has 7 nitrogen and oxygen atoms in total. The van der Waals surface area contributed by atoms with Gasteiger partial charge in [-0.25, -0.2) is 4.68 Å². The Bertz CT molecular complexity index is 619. The first kappa shape index (κ1) is 17.0. The molecule has 0 bridgehead atoms. The van der Waals surface area contributed by atoms with Crippen molar-refractivity contribution in [2.24, 2.45) is 0 Å². The first-order chi connectivity index (χ1) is 11.7. The summed E-state index contributed by atoms with van der Waals surface area (Å²) >= 11 is 0. The largest absolute Gasteiger partial charge is 0.378 e. The molecule has 2 heterocycles. The average molecular weight is 334 g/mol. The summed E-state index contributed by atoms with van der Waals surface area (Å²) in [5.41, 5.74) is 0.568. The van der Waals surface area contributed by atoms with Gasteiger partial charge < -0.3 is 15.0 Å². The molecule has 1 aromatic heterocycles. The minimum atomic E-state index is -0.545. The molecule has 0 aromatic carbocycles. The summed E-state index contributed by atoms with van der Waals surface area (Å²) < 4.78 is 6.64. The van der Waals surface area contributed by atoms with Gasteiger partial charge in [0.2, 0.25) is 5.91 Å². The zero-order valence-corrected chi connectivity index (χ0v) is 14.2. The second-order valence-corrected chi connectivity index (χ2v) is 6.51. The van der Waals surface area contributed by atoms with Gasteiger partial charge in [0.15, 0.2) is 0 Å². The summed E-state index contributed by atoms with van der Waals surface area (Å²) in [5.74, 6) is -0.0990. The van der Waals surface area contributed by atoms with Crippen LogP contribution in [0.15, 0.2) is 17.1 Å². The fourth-order valence-electron chi connectivity index (χ4n) is 3.47. The summed E-state index contributed by atoms with van der Waals surface area (Å²) in [5, 5.41) is 7.35. The lowest BCUT2D eigenvalue weighted by atomic mass is 10.1. The highest BCUT2D eigenvalue weighted by Crippen LogP contribution is 2.19. The van der Waals surface area contributed by atoms with Gasteiger partial charge in [0, 0.05) is 25.2 Å². The Hall–Kier alpha value is -1.89. The number of carbonyl (C=O) groups is 1. The molecule has 2 aliphatic rings. The standard InChI is InChI=1S/C17H26N4O3/c1-2-15(17(23)19-13-5-3-4-6-13)21-16(22)11-14(12-18-21)20-7-9-24-10-8-20/h11-13,15H,2-10H2,1H3,(H,19,23)/t15-/m1/s1. The monoisotopic (exact) mass is 334 g/mol. The molecule has 0 unspecified atom stereocenters. The van der Waals surface area contributed by atoms with Crippen molar-refractivity contribution in [3.8, 4) is 0 Å². The van der Waals surface area contributed by atoms with Crippen molar-refractivity contribution >= 4 is 11.6 Å². The zero-order valence-electron chi connectivity index (χ0n) is 14.2. The Labute approximate surface area is 142 Å². The molecule has 0 radical (unpaired) electrons. The van der Waals surface area contributed by atoms with Crippen LogP contribution in [-0.4, -0.2) is 48.0 Å². The third-order valence-electron chi connectivity index (χ3n) is 4.87. The minimum absolute atomic E-state index is 0.0990. The third-order valence-corrected chi connectivity index (χ3v) is 4.87. The van der Waals surface area contributed by atoms with E-state index in [4.69, 9.17) is 4.74 Å². The Kier molecular flexibility index (Phi) is 5.50. The molecule has 1 aliphatic carbocycles. The predicted molar refractivity (Wildman–Crippen MR) is 91.3 cm³/mol. The number of rotatable bonds is 5. The highest BCUT2D eigenvalue weighted by Gasteiger charge is 2.25. The van der Waals surface area contributed by atoms with E-state index in [-0.39, 0.29) is 17.5 Å². The van der Waals surface area contributed by atoms with Crippen LogP contribution in [0.2, 0.25) is 0 Å². The van der Waals surface area contributed by atoms with Crippen molar-refractivity contribution in [3.05, 3.63) is 22.6 Å². The molecule has 0 spiro atoms. The summed E-state index contributed by atoms with van der Waals surface area (Å²) in [6.07, 6.45) is 6.60. The third kappa shape index (κ3) is 3.77. The van der Waals surface area contributed by atoms with Crippen LogP contribution in [0.3, 0.4) is 0 Å². The predicted octanol–water partition coefficient (Wildman–Crippen LogP) is 1.09. The van der Waals surface area contributed by atoms with Gasteiger partial charge in [0.05, 0.1) is 25.1 Å². The molecule has 1 saturated carbocycles. The fraction of sp³-hybridized carbons (Fsp3) is 0.706. The Morgan fingerprint density at radius 1 is 1.38 bits per heavy atom. The molecule has 1 aliphatic heterocycles. The average Bonchev–Trinajstić information content (AvgIpc) is 3.10. The van der Waals surface area contributed by atoms with Crippen molar-refractivity contribution in [2.75, 3.05) is 31.2 Å². The molecule has 24 heavy (non-hydrogen) atoms. The van der Waals surface area contributed by atoms with E-state index in [1.165, 1.54) is 4.68 Å². The van der Waals surface area contributed by atoms with E-state index in [9.17, 15) is 9.59 Å². The first-order valence-electron chi connectivity index (χ1n) is 8.91. The summed E-state index contributed by atoms with van der Waals surface area (Å²) in [7, 11) is 0. The number of amides is 1. The summed E-state index contributed by atoms with van der Waals surface area (Å²) in [4.78, 5) is 27.1. The van der Waals surface area contributed by atoms with Crippen LogP contribution >= 0.6 is 0 Å². The van der Waals surface area contributed by atoms with Gasteiger partial charge in [0.25, 0.3) is 5.56 Å². The highest BCUT2D eigenvalue weighted by molar-refractivity contribution is 5.80. The van der Waals surface area contributed by atoms with E-state index >= 15 is 0 Å². The van der Waals surface area contributed by atoms with Gasteiger partial charge in [-0.15, -0.1) is 0 Å². The minimum Gasteiger partial charge on any atom is -0.378 e.